The average molecular weight is 441 g/mol. The Morgan fingerprint density at radius 3 is 2.44 bits per heavy atom. The summed E-state index contributed by atoms with van der Waals surface area (Å²) in [5, 5.41) is 11.2. The molecule has 174 valence electrons. The molecule has 1 aliphatic rings. The highest BCUT2D eigenvalue weighted by Gasteiger charge is 2.26. The topological polar surface area (TPSA) is 83.8 Å². The summed E-state index contributed by atoms with van der Waals surface area (Å²) in [6, 6.07) is 9.87. The zero-order valence-corrected chi connectivity index (χ0v) is 19.9. The Morgan fingerprint density at radius 2 is 1.84 bits per heavy atom. The second-order valence-corrected chi connectivity index (χ2v) is 8.52. The highest BCUT2D eigenvalue weighted by molar-refractivity contribution is 5.94. The van der Waals surface area contributed by atoms with Gasteiger partial charge in [0.25, 0.3) is 5.91 Å². The monoisotopic (exact) mass is 440 g/mol. The molecule has 2 aromatic rings. The summed E-state index contributed by atoms with van der Waals surface area (Å²) in [7, 11) is 1.77. The average Bonchev–Trinajstić information content (AvgIpc) is 3.09. The van der Waals surface area contributed by atoms with Crippen LogP contribution in [0.2, 0.25) is 0 Å². The molecule has 32 heavy (non-hydrogen) atoms. The fraction of sp³-hybridized carbons (Fsp3) is 0.542. The van der Waals surface area contributed by atoms with Crippen LogP contribution in [0.5, 0.6) is 0 Å². The van der Waals surface area contributed by atoms with Gasteiger partial charge in [0.15, 0.2) is 5.96 Å². The smallest absolute Gasteiger partial charge is 0.254 e. The Morgan fingerprint density at radius 1 is 1.16 bits per heavy atom. The molecule has 2 N–H and O–H groups in total. The predicted octanol–water partition coefficient (Wildman–Crippen LogP) is 2.50. The lowest BCUT2D eigenvalue weighted by Gasteiger charge is -2.35. The highest BCUT2D eigenvalue weighted by Crippen LogP contribution is 2.15. The van der Waals surface area contributed by atoms with E-state index in [0.717, 1.165) is 36.7 Å². The second kappa shape index (κ2) is 11.1. The van der Waals surface area contributed by atoms with E-state index in [1.54, 1.807) is 7.05 Å². The van der Waals surface area contributed by atoms with E-state index in [4.69, 9.17) is 4.74 Å². The molecule has 1 aliphatic heterocycles. The zero-order valence-electron chi connectivity index (χ0n) is 19.9. The van der Waals surface area contributed by atoms with Crippen molar-refractivity contribution in [3.05, 3.63) is 52.8 Å². The molecule has 2 unspecified atom stereocenters. The van der Waals surface area contributed by atoms with Gasteiger partial charge in [0.1, 0.15) is 0 Å². The van der Waals surface area contributed by atoms with E-state index in [1.165, 1.54) is 5.69 Å². The molecule has 2 heterocycles. The van der Waals surface area contributed by atoms with E-state index in [1.807, 2.05) is 54.6 Å². The summed E-state index contributed by atoms with van der Waals surface area (Å²) >= 11 is 0. The summed E-state index contributed by atoms with van der Waals surface area (Å²) in [6.45, 7) is 11.7. The second-order valence-electron chi connectivity index (χ2n) is 8.52. The van der Waals surface area contributed by atoms with Crippen LogP contribution in [0.15, 0.2) is 35.3 Å². The van der Waals surface area contributed by atoms with Crippen molar-refractivity contribution >= 4 is 11.9 Å². The van der Waals surface area contributed by atoms with Crippen molar-refractivity contribution in [1.82, 2.24) is 25.3 Å². The number of carbonyl (C=O) groups is 1. The minimum absolute atomic E-state index is 0.0617. The number of nitrogens with zero attached hydrogens (tertiary/aromatic N) is 4. The zero-order chi connectivity index (χ0) is 23.1. The normalized spacial score (nSPS) is 19.2. The summed E-state index contributed by atoms with van der Waals surface area (Å²) in [5.74, 6) is 0.821. The number of morpholine rings is 1. The summed E-state index contributed by atoms with van der Waals surface area (Å²) in [5.41, 5.74) is 4.04. The fourth-order valence-electron chi connectivity index (χ4n) is 4.03. The van der Waals surface area contributed by atoms with Gasteiger partial charge in [0, 0.05) is 51.0 Å². The number of guanidine groups is 1. The molecule has 8 heteroatoms. The third-order valence-corrected chi connectivity index (χ3v) is 5.53. The molecule has 0 aliphatic carbocycles. The van der Waals surface area contributed by atoms with Gasteiger partial charge in [0.05, 0.1) is 17.9 Å². The summed E-state index contributed by atoms with van der Waals surface area (Å²) < 4.78 is 7.76. The lowest BCUT2D eigenvalue weighted by Crippen LogP contribution is -2.48. The molecule has 1 amide bonds. The van der Waals surface area contributed by atoms with Crippen LogP contribution in [0.4, 0.5) is 0 Å². The van der Waals surface area contributed by atoms with Crippen molar-refractivity contribution in [3.8, 4) is 0 Å². The first-order chi connectivity index (χ1) is 15.4. The summed E-state index contributed by atoms with van der Waals surface area (Å²) in [4.78, 5) is 19.0. The summed E-state index contributed by atoms with van der Waals surface area (Å²) in [6.07, 6.45) is 1.09. The van der Waals surface area contributed by atoms with E-state index < -0.39 is 0 Å². The fourth-order valence-corrected chi connectivity index (χ4v) is 4.03. The first-order valence-electron chi connectivity index (χ1n) is 11.3. The number of aryl methyl sites for hydroxylation is 3. The predicted molar refractivity (Wildman–Crippen MR) is 127 cm³/mol. The van der Waals surface area contributed by atoms with Gasteiger partial charge in [-0.2, -0.15) is 5.10 Å². The third-order valence-electron chi connectivity index (χ3n) is 5.53. The lowest BCUT2D eigenvalue weighted by atomic mass is 10.1. The van der Waals surface area contributed by atoms with E-state index >= 15 is 0 Å². The SMILES string of the molecule is CN=C(NCCCn1nc(C)cc1C)NCc1ccc(C(=O)N2CC(C)OC(C)C2)cc1. The molecule has 0 spiro atoms. The number of hydrogen-bond acceptors (Lipinski definition) is 4. The van der Waals surface area contributed by atoms with E-state index in [2.05, 4.69) is 33.7 Å². The Kier molecular flexibility index (Phi) is 8.27. The molecule has 1 fully saturated rings. The van der Waals surface area contributed by atoms with Gasteiger partial charge in [-0.1, -0.05) is 12.1 Å². The molecular formula is C24H36N6O2. The molecule has 0 saturated carbocycles. The Bertz CT molecular complexity index is 911. The van der Waals surface area contributed by atoms with Crippen molar-refractivity contribution in [2.45, 2.75) is 59.4 Å². The number of aromatic nitrogens is 2. The molecule has 3 rings (SSSR count). The standard InChI is InChI=1S/C24H36N6O2/c1-17-13-18(2)30(28-17)12-6-11-26-24(25-5)27-14-21-7-9-22(10-8-21)23(31)29-15-19(3)32-20(4)16-29/h7-10,13,19-20H,6,11-12,14-16H2,1-5H3,(H2,25,26,27). The van der Waals surface area contributed by atoms with Crippen molar-refractivity contribution in [2.75, 3.05) is 26.7 Å². The van der Waals surface area contributed by atoms with Gasteiger partial charge < -0.3 is 20.3 Å². The minimum Gasteiger partial charge on any atom is -0.372 e. The van der Waals surface area contributed by atoms with Crippen molar-refractivity contribution in [2.24, 2.45) is 4.99 Å². The molecule has 8 nitrogen and oxygen atoms in total. The highest BCUT2D eigenvalue weighted by atomic mass is 16.5. The molecule has 1 aromatic heterocycles. The van der Waals surface area contributed by atoms with Crippen LogP contribution >= 0.6 is 0 Å². The Labute approximate surface area is 191 Å². The maximum Gasteiger partial charge on any atom is 0.254 e. The van der Waals surface area contributed by atoms with Gasteiger partial charge in [-0.05, 0) is 57.9 Å². The number of carbonyl (C=O) groups excluding carboxylic acids is 1. The maximum absolute atomic E-state index is 12.8. The maximum atomic E-state index is 12.8. The van der Waals surface area contributed by atoms with Crippen LogP contribution in [-0.2, 0) is 17.8 Å². The minimum atomic E-state index is 0.0617. The lowest BCUT2D eigenvalue weighted by molar-refractivity contribution is -0.0586. The van der Waals surface area contributed by atoms with Crippen LogP contribution in [0, 0.1) is 13.8 Å². The third kappa shape index (κ3) is 6.56. The van der Waals surface area contributed by atoms with Gasteiger partial charge in [-0.3, -0.25) is 14.5 Å². The number of rotatable bonds is 7. The number of nitrogens with one attached hydrogen (secondary N) is 2. The van der Waals surface area contributed by atoms with Crippen molar-refractivity contribution in [3.63, 3.8) is 0 Å². The Balaban J connectivity index is 1.43. The molecule has 2 atom stereocenters. The van der Waals surface area contributed by atoms with E-state index in [0.29, 0.717) is 25.2 Å². The molecule has 0 bridgehead atoms. The van der Waals surface area contributed by atoms with E-state index in [9.17, 15) is 4.79 Å². The van der Waals surface area contributed by atoms with Gasteiger partial charge in [0.2, 0.25) is 0 Å². The molecule has 0 radical (unpaired) electrons. The van der Waals surface area contributed by atoms with Gasteiger partial charge >= 0.3 is 0 Å². The van der Waals surface area contributed by atoms with E-state index in [-0.39, 0.29) is 18.1 Å². The number of ether oxygens (including phenoxy) is 1. The molecular weight excluding hydrogens is 404 g/mol. The van der Waals surface area contributed by atoms with Crippen LogP contribution in [0.3, 0.4) is 0 Å². The van der Waals surface area contributed by atoms with Crippen LogP contribution in [0.1, 0.15) is 47.6 Å². The van der Waals surface area contributed by atoms with Crippen molar-refractivity contribution in [1.29, 1.82) is 0 Å². The number of amides is 1. The Hall–Kier alpha value is -2.87. The largest absolute Gasteiger partial charge is 0.372 e. The van der Waals surface area contributed by atoms with Gasteiger partial charge in [-0.15, -0.1) is 0 Å². The first-order valence-corrected chi connectivity index (χ1v) is 11.3. The van der Waals surface area contributed by atoms with Crippen LogP contribution < -0.4 is 10.6 Å². The number of aliphatic imine (C=N–C) groups is 1. The first kappa shape index (κ1) is 23.8. The quantitative estimate of drug-likeness (QED) is 0.393. The molecule has 1 aromatic carbocycles. The number of hydrogen-bond donors (Lipinski definition) is 2. The number of benzene rings is 1. The van der Waals surface area contributed by atoms with Crippen LogP contribution in [0.25, 0.3) is 0 Å². The van der Waals surface area contributed by atoms with Crippen molar-refractivity contribution < 1.29 is 9.53 Å². The van der Waals surface area contributed by atoms with Gasteiger partial charge in [-0.25, -0.2) is 0 Å². The molecule has 1 saturated heterocycles. The van der Waals surface area contributed by atoms with Crippen LogP contribution in [-0.4, -0.2) is 65.4 Å².